The van der Waals surface area contributed by atoms with E-state index in [4.69, 9.17) is 0 Å². The van der Waals surface area contributed by atoms with Gasteiger partial charge in [-0.3, -0.25) is 0 Å². The molecule has 1 saturated heterocycles. The van der Waals surface area contributed by atoms with Crippen molar-refractivity contribution in [3.8, 4) is 0 Å². The van der Waals surface area contributed by atoms with E-state index in [2.05, 4.69) is 33.5 Å². The van der Waals surface area contributed by atoms with Crippen LogP contribution < -0.4 is 0 Å². The summed E-state index contributed by atoms with van der Waals surface area (Å²) in [6.07, 6.45) is 2.44. The topological polar surface area (TPSA) is 54.2 Å². The van der Waals surface area contributed by atoms with Gasteiger partial charge in [0.05, 0.1) is 6.10 Å². The molecule has 2 aliphatic heterocycles. The van der Waals surface area contributed by atoms with Crippen molar-refractivity contribution in [3.05, 3.63) is 11.6 Å². The number of hydrogen-bond acceptors (Lipinski definition) is 4. The molecule has 18 heavy (non-hydrogen) atoms. The van der Waals surface area contributed by atoms with Gasteiger partial charge in [0.1, 0.15) is 11.6 Å². The number of aromatic nitrogens is 3. The molecule has 1 fully saturated rings. The molecule has 100 valence electrons. The van der Waals surface area contributed by atoms with Gasteiger partial charge in [-0.1, -0.05) is 0 Å². The number of fused-ring (bicyclic) bond motifs is 1. The smallest absolute Gasteiger partial charge is 0.137 e. The van der Waals surface area contributed by atoms with Crippen LogP contribution in [-0.4, -0.2) is 50.0 Å². The van der Waals surface area contributed by atoms with Crippen LogP contribution in [-0.2, 0) is 13.0 Å². The third kappa shape index (κ3) is 2.06. The zero-order valence-electron chi connectivity index (χ0n) is 11.2. The third-order valence-corrected chi connectivity index (χ3v) is 4.28. The van der Waals surface area contributed by atoms with E-state index in [1.807, 2.05) is 0 Å². The van der Waals surface area contributed by atoms with Crippen LogP contribution in [0, 0.1) is 0 Å². The molecule has 1 aromatic heterocycles. The van der Waals surface area contributed by atoms with Crippen molar-refractivity contribution in [2.75, 3.05) is 13.1 Å². The minimum Gasteiger partial charge on any atom is -0.393 e. The van der Waals surface area contributed by atoms with Crippen LogP contribution in [0.15, 0.2) is 0 Å². The molecular formula is C13H22N4O. The molecule has 5 heteroatoms. The zero-order valence-corrected chi connectivity index (χ0v) is 11.2. The van der Waals surface area contributed by atoms with Gasteiger partial charge in [-0.2, -0.15) is 0 Å². The summed E-state index contributed by atoms with van der Waals surface area (Å²) in [7, 11) is 0. The minimum absolute atomic E-state index is 0.231. The summed E-state index contributed by atoms with van der Waals surface area (Å²) in [6, 6.07) is 0.612. The number of nitrogens with zero attached hydrogens (tertiary/aromatic N) is 4. The monoisotopic (exact) mass is 250 g/mol. The quantitative estimate of drug-likeness (QED) is 0.843. The molecule has 0 amide bonds. The fourth-order valence-corrected chi connectivity index (χ4v) is 3.10. The maximum atomic E-state index is 9.66. The Bertz CT molecular complexity index is 429. The van der Waals surface area contributed by atoms with Crippen molar-refractivity contribution in [1.82, 2.24) is 19.7 Å². The predicted molar refractivity (Wildman–Crippen MR) is 68.4 cm³/mol. The summed E-state index contributed by atoms with van der Waals surface area (Å²) in [5.74, 6) is 2.62. The Morgan fingerprint density at radius 1 is 1.22 bits per heavy atom. The van der Waals surface area contributed by atoms with Crippen molar-refractivity contribution in [1.29, 1.82) is 0 Å². The Labute approximate surface area is 108 Å². The molecule has 1 N–H and O–H groups in total. The standard InChI is InChI=1S/C13H22N4O/c1-9(2)16-5-3-10(8-16)13-15-14-12-7-11(18)4-6-17(12)13/h9-11,18H,3-8H2,1-2H3. The Balaban J connectivity index is 1.78. The molecule has 0 bridgehead atoms. The first kappa shape index (κ1) is 12.1. The fraction of sp³-hybridized carbons (Fsp3) is 0.846. The van der Waals surface area contributed by atoms with Gasteiger partial charge < -0.3 is 14.6 Å². The van der Waals surface area contributed by atoms with Gasteiger partial charge in [0.15, 0.2) is 0 Å². The number of rotatable bonds is 2. The molecule has 3 heterocycles. The maximum Gasteiger partial charge on any atom is 0.137 e. The summed E-state index contributed by atoms with van der Waals surface area (Å²) in [4.78, 5) is 2.50. The second kappa shape index (κ2) is 4.63. The average molecular weight is 250 g/mol. The Hall–Kier alpha value is -0.940. The SMILES string of the molecule is CC(C)N1CCC(c2nnc3n2CCC(O)C3)C1. The van der Waals surface area contributed by atoms with E-state index in [0.717, 1.165) is 37.7 Å². The summed E-state index contributed by atoms with van der Waals surface area (Å²) >= 11 is 0. The molecular weight excluding hydrogens is 228 g/mol. The highest BCUT2D eigenvalue weighted by atomic mass is 16.3. The lowest BCUT2D eigenvalue weighted by molar-refractivity contribution is 0.140. The van der Waals surface area contributed by atoms with Gasteiger partial charge in [-0.05, 0) is 33.2 Å². The van der Waals surface area contributed by atoms with Crippen molar-refractivity contribution in [2.45, 2.75) is 57.7 Å². The molecule has 0 spiro atoms. The fourth-order valence-electron chi connectivity index (χ4n) is 3.10. The minimum atomic E-state index is -0.231. The molecule has 2 aliphatic rings. The van der Waals surface area contributed by atoms with E-state index < -0.39 is 0 Å². The summed E-state index contributed by atoms with van der Waals surface area (Å²) in [5, 5.41) is 18.3. The number of aliphatic hydroxyl groups excluding tert-OH is 1. The predicted octanol–water partition coefficient (Wildman–Crippen LogP) is 0.783. The Morgan fingerprint density at radius 2 is 2.06 bits per heavy atom. The first-order valence-electron chi connectivity index (χ1n) is 6.99. The second-order valence-corrected chi connectivity index (χ2v) is 5.85. The molecule has 1 aromatic rings. The molecule has 0 aromatic carbocycles. The average Bonchev–Trinajstić information content (AvgIpc) is 2.92. The first-order chi connectivity index (χ1) is 8.65. The van der Waals surface area contributed by atoms with Crippen molar-refractivity contribution >= 4 is 0 Å². The van der Waals surface area contributed by atoms with Crippen molar-refractivity contribution < 1.29 is 5.11 Å². The highest BCUT2D eigenvalue weighted by Gasteiger charge is 2.31. The third-order valence-electron chi connectivity index (χ3n) is 4.28. The highest BCUT2D eigenvalue weighted by molar-refractivity contribution is 5.08. The molecule has 5 nitrogen and oxygen atoms in total. The molecule has 0 radical (unpaired) electrons. The highest BCUT2D eigenvalue weighted by Crippen LogP contribution is 2.29. The lowest BCUT2D eigenvalue weighted by Crippen LogP contribution is -2.29. The van der Waals surface area contributed by atoms with Gasteiger partial charge in [0.25, 0.3) is 0 Å². The number of aliphatic hydroxyl groups is 1. The van der Waals surface area contributed by atoms with Gasteiger partial charge in [0, 0.05) is 31.5 Å². The second-order valence-electron chi connectivity index (χ2n) is 5.85. The Kier molecular flexibility index (Phi) is 3.11. The Morgan fingerprint density at radius 3 is 2.78 bits per heavy atom. The zero-order chi connectivity index (χ0) is 12.7. The lowest BCUT2D eigenvalue weighted by Gasteiger charge is -2.22. The van der Waals surface area contributed by atoms with E-state index in [1.54, 1.807) is 0 Å². The van der Waals surface area contributed by atoms with E-state index >= 15 is 0 Å². The van der Waals surface area contributed by atoms with Crippen LogP contribution in [0.4, 0.5) is 0 Å². The molecule has 2 atom stereocenters. The normalized spacial score (nSPS) is 28.9. The van der Waals surface area contributed by atoms with E-state index in [9.17, 15) is 5.11 Å². The van der Waals surface area contributed by atoms with Crippen LogP contribution in [0.2, 0.25) is 0 Å². The first-order valence-corrected chi connectivity index (χ1v) is 6.99. The number of likely N-dealkylation sites (tertiary alicyclic amines) is 1. The van der Waals surface area contributed by atoms with Crippen LogP contribution in [0.5, 0.6) is 0 Å². The summed E-state index contributed by atoms with van der Waals surface area (Å²) in [6.45, 7) is 7.62. The largest absolute Gasteiger partial charge is 0.393 e. The van der Waals surface area contributed by atoms with Gasteiger partial charge in [0.2, 0.25) is 0 Å². The van der Waals surface area contributed by atoms with E-state index in [1.165, 1.54) is 6.42 Å². The molecule has 0 saturated carbocycles. The van der Waals surface area contributed by atoms with E-state index in [-0.39, 0.29) is 6.10 Å². The maximum absolute atomic E-state index is 9.66. The molecule has 0 aliphatic carbocycles. The van der Waals surface area contributed by atoms with Crippen LogP contribution in [0.1, 0.15) is 44.3 Å². The van der Waals surface area contributed by atoms with Crippen LogP contribution in [0.3, 0.4) is 0 Å². The van der Waals surface area contributed by atoms with Gasteiger partial charge >= 0.3 is 0 Å². The molecule has 2 unspecified atom stereocenters. The van der Waals surface area contributed by atoms with Crippen LogP contribution >= 0.6 is 0 Å². The van der Waals surface area contributed by atoms with Crippen molar-refractivity contribution in [2.24, 2.45) is 0 Å². The van der Waals surface area contributed by atoms with Crippen molar-refractivity contribution in [3.63, 3.8) is 0 Å². The van der Waals surface area contributed by atoms with Gasteiger partial charge in [-0.15, -0.1) is 10.2 Å². The summed E-state index contributed by atoms with van der Waals surface area (Å²) in [5.41, 5.74) is 0. The van der Waals surface area contributed by atoms with Crippen LogP contribution in [0.25, 0.3) is 0 Å². The number of hydrogen-bond donors (Lipinski definition) is 1. The lowest BCUT2D eigenvalue weighted by atomic mass is 10.1. The van der Waals surface area contributed by atoms with E-state index in [0.29, 0.717) is 18.4 Å². The van der Waals surface area contributed by atoms with Gasteiger partial charge in [-0.25, -0.2) is 0 Å². The summed E-state index contributed by atoms with van der Waals surface area (Å²) < 4.78 is 2.24. The molecule has 3 rings (SSSR count).